The standard InChI is InChI=1S/C20H18O6/c1-10-8-16(24-11(10)2)23-9-15-17-18(25-12(3)21)13-6-4-5-7-14(13)19(17)26-20(15)22/h4-9,16-19H,2H2,1,3H3/b15-9+/t16-,17?,18-,19-/m1/s1. The number of benzene rings is 1. The SMILES string of the molecule is C=C1O[C@@H](O/C=C2/C(=O)O[C@@H]3c4ccccc4[C@@H](OC(C)=O)C23)C=C1C. The minimum atomic E-state index is -0.641. The molecule has 4 atom stereocenters. The highest BCUT2D eigenvalue weighted by atomic mass is 16.7. The fraction of sp³-hybridized carbons (Fsp3) is 0.300. The summed E-state index contributed by atoms with van der Waals surface area (Å²) in [5.74, 6) is -0.812. The molecule has 0 bridgehead atoms. The minimum absolute atomic E-state index is 0.324. The van der Waals surface area contributed by atoms with E-state index in [9.17, 15) is 9.59 Å². The average Bonchev–Trinajstić information content (AvgIpc) is 3.19. The van der Waals surface area contributed by atoms with E-state index >= 15 is 0 Å². The largest absolute Gasteiger partial charge is 0.458 e. The van der Waals surface area contributed by atoms with E-state index in [1.54, 1.807) is 6.08 Å². The third-order valence-corrected chi connectivity index (χ3v) is 4.80. The quantitative estimate of drug-likeness (QED) is 0.471. The van der Waals surface area contributed by atoms with Gasteiger partial charge >= 0.3 is 11.9 Å². The summed E-state index contributed by atoms with van der Waals surface area (Å²) < 4.78 is 22.1. The number of rotatable bonds is 3. The number of hydrogen-bond acceptors (Lipinski definition) is 6. The predicted molar refractivity (Wildman–Crippen MR) is 90.2 cm³/mol. The zero-order valence-corrected chi connectivity index (χ0v) is 14.4. The summed E-state index contributed by atoms with van der Waals surface area (Å²) in [5, 5.41) is 0. The maximum absolute atomic E-state index is 12.4. The van der Waals surface area contributed by atoms with Crippen LogP contribution in [0.15, 0.2) is 60.1 Å². The number of fused-ring (bicyclic) bond motifs is 3. The van der Waals surface area contributed by atoms with Gasteiger partial charge in [0.1, 0.15) is 18.0 Å². The second-order valence-corrected chi connectivity index (χ2v) is 6.48. The number of esters is 2. The Hall–Kier alpha value is -3.02. The van der Waals surface area contributed by atoms with Crippen LogP contribution in [-0.2, 0) is 28.5 Å². The Kier molecular flexibility index (Phi) is 3.83. The van der Waals surface area contributed by atoms with Crippen LogP contribution in [0.1, 0.15) is 37.2 Å². The van der Waals surface area contributed by atoms with Gasteiger partial charge in [-0.25, -0.2) is 4.79 Å². The molecule has 0 radical (unpaired) electrons. The zero-order chi connectivity index (χ0) is 18.4. The van der Waals surface area contributed by atoms with Crippen LogP contribution in [-0.4, -0.2) is 18.2 Å². The molecule has 134 valence electrons. The van der Waals surface area contributed by atoms with E-state index in [1.807, 2.05) is 31.2 Å². The molecule has 6 nitrogen and oxygen atoms in total. The van der Waals surface area contributed by atoms with E-state index < -0.39 is 36.4 Å². The number of hydrogen-bond donors (Lipinski definition) is 0. The molecule has 0 saturated carbocycles. The zero-order valence-electron chi connectivity index (χ0n) is 14.4. The highest BCUT2D eigenvalue weighted by Gasteiger charge is 2.53. The third kappa shape index (κ3) is 2.58. The van der Waals surface area contributed by atoms with Crippen molar-refractivity contribution in [1.29, 1.82) is 0 Å². The molecule has 2 heterocycles. The predicted octanol–water partition coefficient (Wildman–Crippen LogP) is 3.24. The third-order valence-electron chi connectivity index (χ3n) is 4.80. The Bertz CT molecular complexity index is 865. The maximum Gasteiger partial charge on any atom is 0.338 e. The van der Waals surface area contributed by atoms with Crippen molar-refractivity contribution in [3.63, 3.8) is 0 Å². The Morgan fingerprint density at radius 3 is 2.62 bits per heavy atom. The van der Waals surface area contributed by atoms with E-state index in [-0.39, 0.29) is 0 Å². The first kappa shape index (κ1) is 16.4. The summed E-state index contributed by atoms with van der Waals surface area (Å²) in [6.45, 7) is 6.98. The molecule has 0 aromatic heterocycles. The number of allylic oxidation sites excluding steroid dienone is 1. The fourth-order valence-corrected chi connectivity index (χ4v) is 3.57. The van der Waals surface area contributed by atoms with Crippen molar-refractivity contribution in [2.24, 2.45) is 5.92 Å². The molecule has 2 aliphatic heterocycles. The van der Waals surface area contributed by atoms with Crippen LogP contribution < -0.4 is 0 Å². The minimum Gasteiger partial charge on any atom is -0.458 e. The summed E-state index contributed by atoms with van der Waals surface area (Å²) in [5.41, 5.74) is 2.90. The second kappa shape index (κ2) is 6.05. The van der Waals surface area contributed by atoms with Crippen molar-refractivity contribution in [1.82, 2.24) is 0 Å². The van der Waals surface area contributed by atoms with Crippen molar-refractivity contribution in [3.05, 3.63) is 71.2 Å². The molecule has 1 unspecified atom stereocenters. The van der Waals surface area contributed by atoms with Crippen LogP contribution in [0.3, 0.4) is 0 Å². The molecule has 1 aromatic carbocycles. The molecule has 4 rings (SSSR count). The van der Waals surface area contributed by atoms with Gasteiger partial charge in [-0.1, -0.05) is 30.8 Å². The maximum atomic E-state index is 12.4. The Balaban J connectivity index is 1.65. The lowest BCUT2D eigenvalue weighted by molar-refractivity contribution is -0.149. The number of carbonyl (C=O) groups excluding carboxylic acids is 2. The number of carbonyl (C=O) groups is 2. The van der Waals surface area contributed by atoms with Crippen LogP contribution >= 0.6 is 0 Å². The second-order valence-electron chi connectivity index (χ2n) is 6.48. The highest BCUT2D eigenvalue weighted by molar-refractivity contribution is 5.92. The van der Waals surface area contributed by atoms with Crippen molar-refractivity contribution >= 4 is 11.9 Å². The van der Waals surface area contributed by atoms with Gasteiger partial charge in [0, 0.05) is 24.1 Å². The van der Waals surface area contributed by atoms with Crippen LogP contribution in [0, 0.1) is 5.92 Å². The van der Waals surface area contributed by atoms with Crippen LogP contribution in [0.5, 0.6) is 0 Å². The van der Waals surface area contributed by atoms with Gasteiger partial charge in [-0.15, -0.1) is 0 Å². The fourth-order valence-electron chi connectivity index (χ4n) is 3.57. The van der Waals surface area contributed by atoms with Crippen LogP contribution in [0.4, 0.5) is 0 Å². The lowest BCUT2D eigenvalue weighted by Crippen LogP contribution is -2.17. The van der Waals surface area contributed by atoms with Gasteiger partial charge in [-0.05, 0) is 12.5 Å². The van der Waals surface area contributed by atoms with Gasteiger partial charge in [0.25, 0.3) is 6.29 Å². The van der Waals surface area contributed by atoms with Gasteiger partial charge in [0.05, 0.1) is 17.8 Å². The summed E-state index contributed by atoms with van der Waals surface area (Å²) in [4.78, 5) is 24.0. The van der Waals surface area contributed by atoms with E-state index in [0.717, 1.165) is 16.7 Å². The van der Waals surface area contributed by atoms with Gasteiger partial charge in [0.2, 0.25) is 0 Å². The van der Waals surface area contributed by atoms with E-state index in [0.29, 0.717) is 11.3 Å². The first-order valence-corrected chi connectivity index (χ1v) is 8.32. The normalized spacial score (nSPS) is 30.4. The molecule has 1 fully saturated rings. The molecule has 26 heavy (non-hydrogen) atoms. The molecule has 1 saturated heterocycles. The van der Waals surface area contributed by atoms with E-state index in [4.69, 9.17) is 18.9 Å². The van der Waals surface area contributed by atoms with E-state index in [1.165, 1.54) is 13.2 Å². The van der Waals surface area contributed by atoms with Gasteiger partial charge in [0.15, 0.2) is 0 Å². The Morgan fingerprint density at radius 1 is 1.23 bits per heavy atom. The molecule has 0 amide bonds. The smallest absolute Gasteiger partial charge is 0.338 e. The lowest BCUT2D eigenvalue weighted by Gasteiger charge is -2.18. The summed E-state index contributed by atoms with van der Waals surface area (Å²) in [7, 11) is 0. The highest BCUT2D eigenvalue weighted by Crippen LogP contribution is 2.55. The first-order valence-electron chi connectivity index (χ1n) is 8.32. The van der Waals surface area contributed by atoms with Crippen molar-refractivity contribution < 1.29 is 28.5 Å². The van der Waals surface area contributed by atoms with Gasteiger partial charge < -0.3 is 18.9 Å². The Morgan fingerprint density at radius 2 is 1.96 bits per heavy atom. The Labute approximate surface area is 150 Å². The number of ether oxygens (including phenoxy) is 4. The van der Waals surface area contributed by atoms with Gasteiger partial charge in [-0.2, -0.15) is 0 Å². The van der Waals surface area contributed by atoms with Gasteiger partial charge in [-0.3, -0.25) is 4.79 Å². The molecule has 3 aliphatic rings. The van der Waals surface area contributed by atoms with E-state index in [2.05, 4.69) is 6.58 Å². The first-order chi connectivity index (χ1) is 12.5. The summed E-state index contributed by atoms with van der Waals surface area (Å²) >= 11 is 0. The molecular formula is C20H18O6. The topological polar surface area (TPSA) is 71.1 Å². The average molecular weight is 354 g/mol. The van der Waals surface area contributed by atoms with Crippen molar-refractivity contribution in [3.8, 4) is 0 Å². The monoisotopic (exact) mass is 354 g/mol. The molecule has 1 aliphatic carbocycles. The molecule has 1 aromatic rings. The molecular weight excluding hydrogens is 336 g/mol. The summed E-state index contributed by atoms with van der Waals surface area (Å²) in [6.07, 6.45) is 1.39. The van der Waals surface area contributed by atoms with Crippen LogP contribution in [0.25, 0.3) is 0 Å². The molecule has 0 spiro atoms. The molecule has 0 N–H and O–H groups in total. The molecule has 6 heteroatoms. The van der Waals surface area contributed by atoms with Crippen LogP contribution in [0.2, 0.25) is 0 Å². The lowest BCUT2D eigenvalue weighted by atomic mass is 9.95. The summed E-state index contributed by atoms with van der Waals surface area (Å²) in [6, 6.07) is 7.49. The van der Waals surface area contributed by atoms with Crippen molar-refractivity contribution in [2.45, 2.75) is 32.3 Å². The van der Waals surface area contributed by atoms with Crippen molar-refractivity contribution in [2.75, 3.05) is 0 Å².